The Hall–Kier alpha value is -3.21. The van der Waals surface area contributed by atoms with Crippen LogP contribution in [0.3, 0.4) is 0 Å². The number of methoxy groups -OCH3 is 3. The summed E-state index contributed by atoms with van der Waals surface area (Å²) in [6, 6.07) is 14.8. The minimum atomic E-state index is -0.219. The van der Waals surface area contributed by atoms with Crippen LogP contribution in [0.4, 0.5) is 0 Å². The van der Waals surface area contributed by atoms with E-state index in [-0.39, 0.29) is 29.6 Å². The maximum Gasteiger partial charge on any atom is 0.310 e. The van der Waals surface area contributed by atoms with Crippen molar-refractivity contribution in [3.8, 4) is 17.2 Å². The van der Waals surface area contributed by atoms with Crippen molar-refractivity contribution in [2.24, 2.45) is 11.8 Å². The second-order valence-electron chi connectivity index (χ2n) is 8.22. The number of carbonyl (C=O) groups is 1. The van der Waals surface area contributed by atoms with Crippen LogP contribution in [0.15, 0.2) is 42.5 Å². The van der Waals surface area contributed by atoms with Crippen LogP contribution in [-0.2, 0) is 9.53 Å². The van der Waals surface area contributed by atoms with E-state index in [1.807, 2.05) is 6.07 Å². The van der Waals surface area contributed by atoms with Crippen molar-refractivity contribution < 1.29 is 23.7 Å². The molecule has 152 valence electrons. The Morgan fingerprint density at radius 3 is 2.23 bits per heavy atom. The van der Waals surface area contributed by atoms with Gasteiger partial charge in [-0.1, -0.05) is 36.4 Å². The van der Waals surface area contributed by atoms with Crippen LogP contribution in [0.2, 0.25) is 0 Å². The van der Waals surface area contributed by atoms with E-state index in [2.05, 4.69) is 36.4 Å². The van der Waals surface area contributed by atoms with E-state index in [1.165, 1.54) is 21.9 Å². The van der Waals surface area contributed by atoms with Crippen LogP contribution in [-0.4, -0.2) is 33.9 Å². The summed E-state index contributed by atoms with van der Waals surface area (Å²) in [5, 5.41) is 2.44. The molecule has 1 saturated heterocycles. The maximum absolute atomic E-state index is 13.0. The summed E-state index contributed by atoms with van der Waals surface area (Å²) in [6.45, 7) is 0.423. The highest BCUT2D eigenvalue weighted by atomic mass is 16.5. The molecule has 2 unspecified atom stereocenters. The molecule has 0 spiro atoms. The molecule has 7 rings (SSSR count). The Labute approximate surface area is 174 Å². The summed E-state index contributed by atoms with van der Waals surface area (Å²) in [5.41, 5.74) is 4.55. The van der Waals surface area contributed by atoms with Gasteiger partial charge in [0.2, 0.25) is 5.75 Å². The molecule has 3 aromatic rings. The highest BCUT2D eigenvalue weighted by Crippen LogP contribution is 2.63. The number of hydrogen-bond acceptors (Lipinski definition) is 5. The largest absolute Gasteiger partial charge is 0.493 e. The molecule has 4 atom stereocenters. The van der Waals surface area contributed by atoms with E-state index in [1.54, 1.807) is 21.3 Å². The van der Waals surface area contributed by atoms with E-state index in [0.29, 0.717) is 23.9 Å². The van der Waals surface area contributed by atoms with Crippen molar-refractivity contribution in [3.05, 3.63) is 64.7 Å². The summed E-state index contributed by atoms with van der Waals surface area (Å²) in [4.78, 5) is 13.0. The van der Waals surface area contributed by atoms with Gasteiger partial charge in [0.1, 0.15) is 0 Å². The van der Waals surface area contributed by atoms with Gasteiger partial charge in [0.05, 0.1) is 33.9 Å². The summed E-state index contributed by atoms with van der Waals surface area (Å²) in [5.74, 6) is 1.48. The molecule has 1 heterocycles. The lowest BCUT2D eigenvalue weighted by molar-refractivity contribution is -0.141. The summed E-state index contributed by atoms with van der Waals surface area (Å²) >= 11 is 0. The standard InChI is InChI=1S/C25H22O5/c1-27-17-10-15-19-13-8-4-6-12-7-5-9-14(18(12)13)20(16-11-30-25(26)22(16)19)21(15)24(29-3)23(17)28-2/h4-10,16,19-20,22H,11H2,1-3H3/t16?,19-,20-,22?/m0/s1. The second kappa shape index (κ2) is 6.14. The molecule has 0 amide bonds. The Kier molecular flexibility index (Phi) is 3.61. The van der Waals surface area contributed by atoms with Crippen molar-refractivity contribution in [1.82, 2.24) is 0 Å². The number of rotatable bonds is 3. The SMILES string of the molecule is COc1cc2c(c(OC)c1OC)[C@H]1c3cccc4cccc(c34)[C@@H]2C2C(=O)OCC21. The fourth-order valence-corrected chi connectivity index (χ4v) is 6.09. The van der Waals surface area contributed by atoms with E-state index in [0.717, 1.165) is 11.1 Å². The average molecular weight is 402 g/mol. The van der Waals surface area contributed by atoms with Crippen LogP contribution in [0.1, 0.15) is 34.1 Å². The fraction of sp³-hybridized carbons (Fsp3) is 0.320. The van der Waals surface area contributed by atoms with Crippen LogP contribution in [0, 0.1) is 11.8 Å². The normalized spacial score (nSPS) is 25.4. The molecule has 2 bridgehead atoms. The zero-order chi connectivity index (χ0) is 20.6. The Morgan fingerprint density at radius 1 is 0.867 bits per heavy atom. The highest BCUT2D eigenvalue weighted by molar-refractivity contribution is 5.94. The van der Waals surface area contributed by atoms with Crippen LogP contribution < -0.4 is 14.2 Å². The third-order valence-corrected chi connectivity index (χ3v) is 7.12. The number of cyclic esters (lactones) is 1. The number of carbonyl (C=O) groups excluding carboxylic acids is 1. The third kappa shape index (κ3) is 2.00. The number of hydrogen-bond donors (Lipinski definition) is 0. The molecule has 3 aliphatic carbocycles. The van der Waals surface area contributed by atoms with Crippen molar-refractivity contribution in [2.75, 3.05) is 27.9 Å². The zero-order valence-electron chi connectivity index (χ0n) is 17.1. The summed E-state index contributed by atoms with van der Waals surface area (Å²) in [6.07, 6.45) is 0. The van der Waals surface area contributed by atoms with E-state index in [4.69, 9.17) is 18.9 Å². The van der Waals surface area contributed by atoms with Gasteiger partial charge in [0.25, 0.3) is 0 Å². The molecule has 1 fully saturated rings. The van der Waals surface area contributed by atoms with Gasteiger partial charge in [-0.05, 0) is 33.5 Å². The van der Waals surface area contributed by atoms with E-state index in [9.17, 15) is 4.79 Å². The van der Waals surface area contributed by atoms with Crippen molar-refractivity contribution in [1.29, 1.82) is 0 Å². The molecule has 1 aliphatic heterocycles. The highest BCUT2D eigenvalue weighted by Gasteiger charge is 2.56. The summed E-state index contributed by atoms with van der Waals surface area (Å²) in [7, 11) is 4.92. The first-order valence-electron chi connectivity index (χ1n) is 10.2. The molecule has 4 aliphatic rings. The first kappa shape index (κ1) is 17.6. The van der Waals surface area contributed by atoms with Gasteiger partial charge in [0, 0.05) is 23.3 Å². The van der Waals surface area contributed by atoms with Crippen molar-refractivity contribution in [3.63, 3.8) is 0 Å². The van der Waals surface area contributed by atoms with Gasteiger partial charge < -0.3 is 18.9 Å². The Balaban J connectivity index is 1.80. The molecule has 3 aromatic carbocycles. The topological polar surface area (TPSA) is 54.0 Å². The smallest absolute Gasteiger partial charge is 0.310 e. The molecule has 0 radical (unpaired) electrons. The molecular formula is C25H22O5. The Morgan fingerprint density at radius 2 is 1.57 bits per heavy atom. The lowest BCUT2D eigenvalue weighted by atomic mass is 9.63. The second-order valence-corrected chi connectivity index (χ2v) is 8.22. The number of benzene rings is 3. The summed E-state index contributed by atoms with van der Waals surface area (Å²) < 4.78 is 22.9. The lowest BCUT2D eigenvalue weighted by Gasteiger charge is -2.37. The average Bonchev–Trinajstić information content (AvgIpc) is 3.05. The van der Waals surface area contributed by atoms with Crippen LogP contribution in [0.5, 0.6) is 17.2 Å². The number of esters is 1. The van der Waals surface area contributed by atoms with Crippen molar-refractivity contribution >= 4 is 16.7 Å². The Bertz CT molecular complexity index is 1210. The van der Waals surface area contributed by atoms with Gasteiger partial charge in [-0.3, -0.25) is 4.79 Å². The fourth-order valence-electron chi connectivity index (χ4n) is 6.09. The van der Waals surface area contributed by atoms with Gasteiger partial charge >= 0.3 is 5.97 Å². The maximum atomic E-state index is 13.0. The zero-order valence-corrected chi connectivity index (χ0v) is 17.1. The predicted molar refractivity (Wildman–Crippen MR) is 112 cm³/mol. The third-order valence-electron chi connectivity index (χ3n) is 7.12. The molecule has 30 heavy (non-hydrogen) atoms. The van der Waals surface area contributed by atoms with Gasteiger partial charge in [-0.2, -0.15) is 0 Å². The molecule has 0 N–H and O–H groups in total. The molecule has 5 heteroatoms. The van der Waals surface area contributed by atoms with Gasteiger partial charge in [-0.25, -0.2) is 0 Å². The molecular weight excluding hydrogens is 380 g/mol. The first-order valence-corrected chi connectivity index (χ1v) is 10.2. The van der Waals surface area contributed by atoms with Gasteiger partial charge in [0.15, 0.2) is 11.5 Å². The predicted octanol–water partition coefficient (Wildman–Crippen LogP) is 4.25. The lowest BCUT2D eigenvalue weighted by Crippen LogP contribution is -2.33. The minimum Gasteiger partial charge on any atom is -0.493 e. The first-order chi connectivity index (χ1) is 14.7. The van der Waals surface area contributed by atoms with Gasteiger partial charge in [-0.15, -0.1) is 0 Å². The molecule has 0 saturated carbocycles. The molecule has 5 nitrogen and oxygen atoms in total. The van der Waals surface area contributed by atoms with Crippen LogP contribution in [0.25, 0.3) is 10.8 Å². The number of ether oxygens (including phenoxy) is 4. The van der Waals surface area contributed by atoms with Crippen molar-refractivity contribution in [2.45, 2.75) is 11.8 Å². The minimum absolute atomic E-state index is 0.0187. The monoisotopic (exact) mass is 402 g/mol. The van der Waals surface area contributed by atoms with E-state index >= 15 is 0 Å². The molecule has 0 aromatic heterocycles. The van der Waals surface area contributed by atoms with E-state index < -0.39 is 0 Å². The quantitative estimate of drug-likeness (QED) is 0.613. The van der Waals surface area contributed by atoms with Crippen LogP contribution >= 0.6 is 0 Å².